The van der Waals surface area contributed by atoms with Crippen LogP contribution >= 0.6 is 11.8 Å². The Morgan fingerprint density at radius 1 is 1.13 bits per heavy atom. The van der Waals surface area contributed by atoms with Gasteiger partial charge in [-0.1, -0.05) is 0 Å². The van der Waals surface area contributed by atoms with Gasteiger partial charge in [-0.3, -0.25) is 14.7 Å². The molecule has 3 aromatic heterocycles. The molecular formula is C21H25N7OS. The molecule has 30 heavy (non-hydrogen) atoms. The normalized spacial score (nSPS) is 17.3. The van der Waals surface area contributed by atoms with E-state index in [2.05, 4.69) is 24.9 Å². The van der Waals surface area contributed by atoms with Gasteiger partial charge in [-0.25, -0.2) is 14.6 Å². The molecule has 0 radical (unpaired) electrons. The lowest BCUT2D eigenvalue weighted by Gasteiger charge is -2.35. The van der Waals surface area contributed by atoms with Crippen molar-refractivity contribution in [2.75, 3.05) is 43.4 Å². The molecule has 0 amide bonds. The Hall–Kier alpha value is -2.52. The van der Waals surface area contributed by atoms with E-state index in [-0.39, 0.29) is 5.56 Å². The summed E-state index contributed by atoms with van der Waals surface area (Å²) in [5.41, 5.74) is 3.12. The fourth-order valence-corrected chi connectivity index (χ4v) is 5.10. The third-order valence-electron chi connectivity index (χ3n) is 5.80. The van der Waals surface area contributed by atoms with E-state index >= 15 is 0 Å². The van der Waals surface area contributed by atoms with Crippen LogP contribution in [-0.2, 0) is 18.7 Å². The standard InChI is InChI=1S/C21H25N7OS/c1-15-23-19-13-22-4-2-17(19)21(24-15)27-8-5-26(6-9-27)7-10-28-20(29)12-16-14-30-11-3-18(16)25-28/h2,4,12-13H,3,5-11,14H2,1H3. The van der Waals surface area contributed by atoms with Crippen molar-refractivity contribution in [1.82, 2.24) is 29.6 Å². The second-order valence-electron chi connectivity index (χ2n) is 7.80. The van der Waals surface area contributed by atoms with E-state index in [1.54, 1.807) is 23.1 Å². The number of anilines is 1. The highest BCUT2D eigenvalue weighted by Crippen LogP contribution is 2.24. The number of pyridine rings is 1. The predicted octanol–water partition coefficient (Wildman–Crippen LogP) is 1.50. The number of rotatable bonds is 4. The minimum Gasteiger partial charge on any atom is -0.353 e. The first-order valence-corrected chi connectivity index (χ1v) is 11.6. The number of aromatic nitrogens is 5. The molecule has 0 saturated carbocycles. The molecule has 3 aromatic rings. The van der Waals surface area contributed by atoms with Gasteiger partial charge in [0.1, 0.15) is 11.6 Å². The number of hydrogen-bond donors (Lipinski definition) is 0. The smallest absolute Gasteiger partial charge is 0.267 e. The van der Waals surface area contributed by atoms with Crippen LogP contribution in [0.2, 0.25) is 0 Å². The zero-order valence-corrected chi connectivity index (χ0v) is 17.9. The molecule has 0 N–H and O–H groups in total. The minimum atomic E-state index is 0.0198. The predicted molar refractivity (Wildman–Crippen MR) is 119 cm³/mol. The number of piperazine rings is 1. The lowest BCUT2D eigenvalue weighted by molar-refractivity contribution is 0.242. The molecule has 156 valence electrons. The summed E-state index contributed by atoms with van der Waals surface area (Å²) in [7, 11) is 0. The second kappa shape index (κ2) is 8.31. The molecule has 0 aliphatic carbocycles. The highest BCUT2D eigenvalue weighted by atomic mass is 32.2. The maximum absolute atomic E-state index is 12.4. The summed E-state index contributed by atoms with van der Waals surface area (Å²) in [4.78, 5) is 30.5. The lowest BCUT2D eigenvalue weighted by Crippen LogP contribution is -2.48. The van der Waals surface area contributed by atoms with Crippen molar-refractivity contribution in [3.05, 3.63) is 52.0 Å². The third-order valence-corrected chi connectivity index (χ3v) is 6.80. The van der Waals surface area contributed by atoms with Gasteiger partial charge in [0.15, 0.2) is 0 Å². The molecule has 2 aliphatic heterocycles. The number of fused-ring (bicyclic) bond motifs is 2. The van der Waals surface area contributed by atoms with E-state index in [0.717, 1.165) is 84.5 Å². The Kier molecular flexibility index (Phi) is 5.39. The van der Waals surface area contributed by atoms with E-state index in [1.165, 1.54) is 0 Å². The van der Waals surface area contributed by atoms with Gasteiger partial charge in [-0.05, 0) is 24.3 Å². The Morgan fingerprint density at radius 2 is 2.00 bits per heavy atom. The molecule has 1 fully saturated rings. The minimum absolute atomic E-state index is 0.0198. The fourth-order valence-electron chi connectivity index (χ4n) is 4.15. The lowest BCUT2D eigenvalue weighted by atomic mass is 10.2. The van der Waals surface area contributed by atoms with Crippen LogP contribution in [0.3, 0.4) is 0 Å². The number of hydrogen-bond acceptors (Lipinski definition) is 8. The highest BCUT2D eigenvalue weighted by Gasteiger charge is 2.21. The average Bonchev–Trinajstić information content (AvgIpc) is 2.77. The molecule has 1 saturated heterocycles. The average molecular weight is 424 g/mol. The topological polar surface area (TPSA) is 80.0 Å². The highest BCUT2D eigenvalue weighted by molar-refractivity contribution is 7.98. The van der Waals surface area contributed by atoms with Gasteiger partial charge in [-0.15, -0.1) is 0 Å². The summed E-state index contributed by atoms with van der Waals surface area (Å²) >= 11 is 1.87. The largest absolute Gasteiger partial charge is 0.353 e. The summed E-state index contributed by atoms with van der Waals surface area (Å²) in [6.07, 6.45) is 4.55. The monoisotopic (exact) mass is 423 g/mol. The molecule has 5 heterocycles. The van der Waals surface area contributed by atoms with Crippen LogP contribution < -0.4 is 10.5 Å². The van der Waals surface area contributed by atoms with E-state index < -0.39 is 0 Å². The van der Waals surface area contributed by atoms with Crippen molar-refractivity contribution in [2.24, 2.45) is 0 Å². The van der Waals surface area contributed by atoms with Crippen LogP contribution in [0, 0.1) is 6.92 Å². The number of nitrogens with zero attached hydrogens (tertiary/aromatic N) is 7. The Bertz CT molecular complexity index is 1120. The van der Waals surface area contributed by atoms with Crippen LogP contribution in [0.15, 0.2) is 29.3 Å². The van der Waals surface area contributed by atoms with Crippen LogP contribution in [0.4, 0.5) is 5.82 Å². The summed E-state index contributed by atoms with van der Waals surface area (Å²) < 4.78 is 1.65. The van der Waals surface area contributed by atoms with E-state index in [4.69, 9.17) is 4.98 Å². The first-order chi connectivity index (χ1) is 14.7. The molecule has 0 bridgehead atoms. The molecule has 9 heteroatoms. The fraction of sp³-hybridized carbons (Fsp3) is 0.476. The summed E-state index contributed by atoms with van der Waals surface area (Å²) in [5, 5.41) is 5.68. The quantitative estimate of drug-likeness (QED) is 0.625. The van der Waals surface area contributed by atoms with Gasteiger partial charge in [-0.2, -0.15) is 16.9 Å². The van der Waals surface area contributed by atoms with Crippen molar-refractivity contribution in [3.8, 4) is 0 Å². The van der Waals surface area contributed by atoms with E-state index in [1.807, 2.05) is 24.8 Å². The van der Waals surface area contributed by atoms with Crippen molar-refractivity contribution in [3.63, 3.8) is 0 Å². The van der Waals surface area contributed by atoms with Crippen LogP contribution in [-0.4, -0.2) is 68.1 Å². The summed E-state index contributed by atoms with van der Waals surface area (Å²) in [6.45, 7) is 7.07. The molecule has 0 unspecified atom stereocenters. The molecular weight excluding hydrogens is 398 g/mol. The van der Waals surface area contributed by atoms with Crippen LogP contribution in [0.1, 0.15) is 17.1 Å². The second-order valence-corrected chi connectivity index (χ2v) is 8.90. The maximum atomic E-state index is 12.4. The number of aryl methyl sites for hydroxylation is 2. The first kappa shape index (κ1) is 19.4. The van der Waals surface area contributed by atoms with Gasteiger partial charge in [0, 0.05) is 62.5 Å². The van der Waals surface area contributed by atoms with E-state index in [9.17, 15) is 4.79 Å². The molecule has 2 aliphatic rings. The van der Waals surface area contributed by atoms with Gasteiger partial charge in [0.2, 0.25) is 0 Å². The van der Waals surface area contributed by atoms with Crippen molar-refractivity contribution >= 4 is 28.5 Å². The van der Waals surface area contributed by atoms with Crippen molar-refractivity contribution in [1.29, 1.82) is 0 Å². The molecule has 0 atom stereocenters. The third kappa shape index (κ3) is 3.91. The van der Waals surface area contributed by atoms with Gasteiger partial charge >= 0.3 is 0 Å². The SMILES string of the molecule is Cc1nc(N2CCN(CCn3nc4c(cc3=O)CSCC4)CC2)c2ccncc2n1. The molecule has 0 spiro atoms. The van der Waals surface area contributed by atoms with Crippen molar-refractivity contribution < 1.29 is 0 Å². The Morgan fingerprint density at radius 3 is 2.87 bits per heavy atom. The van der Waals surface area contributed by atoms with Crippen LogP contribution in [0.25, 0.3) is 10.9 Å². The zero-order valence-electron chi connectivity index (χ0n) is 17.1. The summed E-state index contributed by atoms with van der Waals surface area (Å²) in [5.74, 6) is 3.76. The van der Waals surface area contributed by atoms with Crippen molar-refractivity contribution in [2.45, 2.75) is 25.6 Å². The first-order valence-electron chi connectivity index (χ1n) is 10.4. The van der Waals surface area contributed by atoms with Crippen LogP contribution in [0.5, 0.6) is 0 Å². The summed E-state index contributed by atoms with van der Waals surface area (Å²) in [6, 6.07) is 3.77. The Labute approximate surface area is 179 Å². The molecule has 0 aromatic carbocycles. The zero-order chi connectivity index (χ0) is 20.5. The van der Waals surface area contributed by atoms with E-state index in [0.29, 0.717) is 6.54 Å². The molecule has 5 rings (SSSR count). The van der Waals surface area contributed by atoms with Gasteiger partial charge in [0.05, 0.1) is 24.0 Å². The van der Waals surface area contributed by atoms with Gasteiger partial charge in [0.25, 0.3) is 5.56 Å². The maximum Gasteiger partial charge on any atom is 0.267 e. The molecule has 8 nitrogen and oxygen atoms in total. The number of thioether (sulfide) groups is 1. The van der Waals surface area contributed by atoms with Gasteiger partial charge < -0.3 is 4.90 Å². The Balaban J connectivity index is 1.24.